The van der Waals surface area contributed by atoms with E-state index < -0.39 is 24.2 Å². The van der Waals surface area contributed by atoms with E-state index in [1.54, 1.807) is 0 Å². The molecule has 1 saturated carbocycles. The van der Waals surface area contributed by atoms with Crippen molar-refractivity contribution < 1.29 is 18.0 Å². The van der Waals surface area contributed by atoms with Crippen LogP contribution in [0.5, 0.6) is 0 Å². The highest BCUT2D eigenvalue weighted by Crippen LogP contribution is 2.28. The molecule has 0 aromatic carbocycles. The van der Waals surface area contributed by atoms with E-state index in [0.29, 0.717) is 6.54 Å². The number of nitrogens with two attached hydrogens (primary N) is 1. The lowest BCUT2D eigenvalue weighted by atomic mass is 9.78. The van der Waals surface area contributed by atoms with Gasteiger partial charge in [0.1, 0.15) is 12.2 Å². The van der Waals surface area contributed by atoms with Gasteiger partial charge >= 0.3 is 6.18 Å². The molecule has 0 unspecified atom stereocenters. The van der Waals surface area contributed by atoms with Crippen LogP contribution in [0.15, 0.2) is 18.3 Å². The minimum Gasteiger partial charge on any atom is -0.349 e. The predicted octanol–water partition coefficient (Wildman–Crippen LogP) is 1.66. The number of nitrogens with one attached hydrogen (secondary N) is 1. The van der Waals surface area contributed by atoms with Crippen molar-refractivity contribution in [3.8, 4) is 0 Å². The Labute approximate surface area is 108 Å². The molecule has 1 aromatic rings. The zero-order valence-electron chi connectivity index (χ0n) is 10.3. The maximum absolute atomic E-state index is 12.3. The van der Waals surface area contributed by atoms with Gasteiger partial charge in [-0.2, -0.15) is 13.2 Å². The smallest absolute Gasteiger partial charge is 0.349 e. The summed E-state index contributed by atoms with van der Waals surface area (Å²) >= 11 is 0. The quantitative estimate of drug-likeness (QED) is 0.878. The second-order valence-corrected chi connectivity index (χ2v) is 5.04. The summed E-state index contributed by atoms with van der Waals surface area (Å²) in [7, 11) is 0. The van der Waals surface area contributed by atoms with Gasteiger partial charge in [0.05, 0.1) is 0 Å². The van der Waals surface area contributed by atoms with Crippen LogP contribution in [0, 0.1) is 0 Å². The van der Waals surface area contributed by atoms with Crippen molar-refractivity contribution in [1.29, 1.82) is 0 Å². The van der Waals surface area contributed by atoms with Gasteiger partial charge in [-0.05, 0) is 31.4 Å². The molecule has 4 nitrogen and oxygen atoms in total. The molecule has 1 aromatic heterocycles. The van der Waals surface area contributed by atoms with E-state index in [2.05, 4.69) is 5.32 Å². The van der Waals surface area contributed by atoms with Crippen LogP contribution in [0.4, 0.5) is 13.2 Å². The Morgan fingerprint density at radius 2 is 2.16 bits per heavy atom. The van der Waals surface area contributed by atoms with E-state index in [-0.39, 0.29) is 5.69 Å². The number of carbonyl (C=O) groups excluding carboxylic acids is 1. The summed E-state index contributed by atoms with van der Waals surface area (Å²) in [6.07, 6.45) is -0.425. The van der Waals surface area contributed by atoms with Gasteiger partial charge in [-0.25, -0.2) is 0 Å². The molecule has 0 aliphatic heterocycles. The highest BCUT2D eigenvalue weighted by molar-refractivity contribution is 5.92. The highest BCUT2D eigenvalue weighted by atomic mass is 19.4. The Bertz CT molecular complexity index is 463. The lowest BCUT2D eigenvalue weighted by Gasteiger charge is -2.38. The van der Waals surface area contributed by atoms with Crippen molar-refractivity contribution in [3.63, 3.8) is 0 Å². The van der Waals surface area contributed by atoms with E-state index in [4.69, 9.17) is 5.73 Å². The fraction of sp³-hybridized carbons (Fsp3) is 0.583. The van der Waals surface area contributed by atoms with E-state index in [9.17, 15) is 18.0 Å². The van der Waals surface area contributed by atoms with Gasteiger partial charge < -0.3 is 15.6 Å². The Balaban J connectivity index is 1.97. The molecule has 7 heteroatoms. The molecule has 19 heavy (non-hydrogen) atoms. The zero-order valence-corrected chi connectivity index (χ0v) is 10.3. The molecule has 1 fully saturated rings. The van der Waals surface area contributed by atoms with Crippen LogP contribution in [-0.4, -0.2) is 28.7 Å². The molecule has 1 amide bonds. The number of amides is 1. The van der Waals surface area contributed by atoms with Gasteiger partial charge in [-0.3, -0.25) is 4.79 Å². The summed E-state index contributed by atoms with van der Waals surface area (Å²) in [6.45, 7) is -0.875. The Morgan fingerprint density at radius 3 is 2.68 bits per heavy atom. The lowest BCUT2D eigenvalue weighted by molar-refractivity contribution is -0.140. The van der Waals surface area contributed by atoms with Gasteiger partial charge in [0.2, 0.25) is 0 Å². The Kier molecular flexibility index (Phi) is 3.58. The molecule has 2 rings (SSSR count). The summed E-state index contributed by atoms with van der Waals surface area (Å²) in [4.78, 5) is 11.8. The highest BCUT2D eigenvalue weighted by Gasteiger charge is 2.33. The third-order valence-electron chi connectivity index (χ3n) is 3.36. The van der Waals surface area contributed by atoms with Crippen molar-refractivity contribution in [3.05, 3.63) is 24.0 Å². The first-order valence-corrected chi connectivity index (χ1v) is 6.08. The average molecular weight is 275 g/mol. The average Bonchev–Trinajstić information content (AvgIpc) is 2.68. The first-order valence-electron chi connectivity index (χ1n) is 6.08. The number of halogens is 3. The number of alkyl halides is 3. The third-order valence-corrected chi connectivity index (χ3v) is 3.36. The molecule has 106 valence electrons. The molecular weight excluding hydrogens is 259 g/mol. The number of rotatable bonds is 4. The van der Waals surface area contributed by atoms with Crippen LogP contribution in [0.2, 0.25) is 0 Å². The maximum atomic E-state index is 12.3. The molecule has 0 saturated heterocycles. The standard InChI is InChI=1S/C12H16F3N3O/c13-12(14,15)8-18-6-1-3-9(18)10(19)17-7-11(16)4-2-5-11/h1,3,6H,2,4-5,7-8,16H2,(H,17,19). The Hall–Kier alpha value is -1.50. The van der Waals surface area contributed by atoms with E-state index in [1.165, 1.54) is 18.3 Å². The molecular formula is C12H16F3N3O. The van der Waals surface area contributed by atoms with E-state index in [0.717, 1.165) is 23.8 Å². The molecule has 0 atom stereocenters. The van der Waals surface area contributed by atoms with Gasteiger partial charge in [-0.15, -0.1) is 0 Å². The number of hydrogen-bond acceptors (Lipinski definition) is 2. The Morgan fingerprint density at radius 1 is 1.47 bits per heavy atom. The number of aromatic nitrogens is 1. The van der Waals surface area contributed by atoms with Crippen molar-refractivity contribution >= 4 is 5.91 Å². The van der Waals surface area contributed by atoms with Crippen LogP contribution in [0.1, 0.15) is 29.8 Å². The van der Waals surface area contributed by atoms with Crippen LogP contribution in [0.3, 0.4) is 0 Å². The van der Waals surface area contributed by atoms with E-state index in [1.807, 2.05) is 0 Å². The summed E-state index contributed by atoms with van der Waals surface area (Å²) in [5.74, 6) is -0.522. The van der Waals surface area contributed by atoms with Gasteiger partial charge in [-0.1, -0.05) is 0 Å². The molecule has 0 radical (unpaired) electrons. The van der Waals surface area contributed by atoms with Crippen LogP contribution >= 0.6 is 0 Å². The lowest BCUT2D eigenvalue weighted by Crippen LogP contribution is -2.55. The number of hydrogen-bond donors (Lipinski definition) is 2. The van der Waals surface area contributed by atoms with Gasteiger partial charge in [0, 0.05) is 18.3 Å². The van der Waals surface area contributed by atoms with Crippen molar-refractivity contribution in [2.45, 2.75) is 37.5 Å². The number of nitrogens with zero attached hydrogens (tertiary/aromatic N) is 1. The second kappa shape index (κ2) is 4.88. The molecule has 0 bridgehead atoms. The summed E-state index contributed by atoms with van der Waals surface area (Å²) in [5, 5.41) is 2.60. The normalized spacial score (nSPS) is 17.9. The minimum atomic E-state index is -4.35. The SMILES string of the molecule is NC1(CNC(=O)c2cccn2CC(F)(F)F)CCC1. The van der Waals surface area contributed by atoms with E-state index >= 15 is 0 Å². The number of carbonyl (C=O) groups is 1. The zero-order chi connectivity index (χ0) is 14.1. The molecule has 1 heterocycles. The maximum Gasteiger partial charge on any atom is 0.406 e. The summed E-state index contributed by atoms with van der Waals surface area (Å²) in [5.41, 5.74) is 5.55. The second-order valence-electron chi connectivity index (χ2n) is 5.04. The van der Waals surface area contributed by atoms with Gasteiger partial charge in [0.15, 0.2) is 0 Å². The predicted molar refractivity (Wildman–Crippen MR) is 63.6 cm³/mol. The third kappa shape index (κ3) is 3.50. The van der Waals surface area contributed by atoms with Crippen molar-refractivity contribution in [1.82, 2.24) is 9.88 Å². The minimum absolute atomic E-state index is 0.000230. The molecule has 1 aliphatic carbocycles. The molecule has 3 N–H and O–H groups in total. The van der Waals surface area contributed by atoms with Crippen LogP contribution < -0.4 is 11.1 Å². The summed E-state index contributed by atoms with van der Waals surface area (Å²) < 4.78 is 37.9. The molecule has 1 aliphatic rings. The van der Waals surface area contributed by atoms with Crippen molar-refractivity contribution in [2.24, 2.45) is 5.73 Å². The first-order chi connectivity index (χ1) is 8.79. The topological polar surface area (TPSA) is 60.0 Å². The van der Waals surface area contributed by atoms with Gasteiger partial charge in [0.25, 0.3) is 5.91 Å². The molecule has 0 spiro atoms. The van der Waals surface area contributed by atoms with Crippen LogP contribution in [-0.2, 0) is 6.54 Å². The largest absolute Gasteiger partial charge is 0.406 e. The fourth-order valence-electron chi connectivity index (χ4n) is 2.11. The van der Waals surface area contributed by atoms with Crippen LogP contribution in [0.25, 0.3) is 0 Å². The van der Waals surface area contributed by atoms with Crippen molar-refractivity contribution in [2.75, 3.05) is 6.54 Å². The fourth-order valence-corrected chi connectivity index (χ4v) is 2.11. The monoisotopic (exact) mass is 275 g/mol. The summed E-state index contributed by atoms with van der Waals surface area (Å²) in [6, 6.07) is 2.78. The first kappa shape index (κ1) is 13.9.